The van der Waals surface area contributed by atoms with E-state index in [0.717, 1.165) is 44.2 Å². The maximum atomic E-state index is 9.63. The Morgan fingerprint density at radius 1 is 0.571 bits per heavy atom. The molecule has 0 saturated carbocycles. The molecule has 0 heterocycles. The zero-order valence-corrected chi connectivity index (χ0v) is 33.8. The van der Waals surface area contributed by atoms with E-state index < -0.39 is 0 Å². The van der Waals surface area contributed by atoms with E-state index in [9.17, 15) is 5.11 Å². The predicted molar refractivity (Wildman–Crippen MR) is 216 cm³/mol. The Labute approximate surface area is 307 Å². The van der Waals surface area contributed by atoms with E-state index in [1.807, 2.05) is 0 Å². The molecular formula is C44H89NO4. The van der Waals surface area contributed by atoms with Crippen molar-refractivity contribution in [3.63, 3.8) is 0 Å². The Morgan fingerprint density at radius 3 is 1.35 bits per heavy atom. The van der Waals surface area contributed by atoms with Gasteiger partial charge in [0, 0.05) is 19.5 Å². The molecule has 1 atom stereocenters. The Morgan fingerprint density at radius 2 is 0.939 bits per heavy atom. The highest BCUT2D eigenvalue weighted by Crippen LogP contribution is 2.25. The third-order valence-corrected chi connectivity index (χ3v) is 10.2. The molecule has 294 valence electrons. The van der Waals surface area contributed by atoms with Crippen LogP contribution in [0.2, 0.25) is 0 Å². The summed E-state index contributed by atoms with van der Waals surface area (Å²) >= 11 is 0. The molecule has 0 aromatic heterocycles. The van der Waals surface area contributed by atoms with Crippen molar-refractivity contribution in [2.45, 2.75) is 233 Å². The first-order chi connectivity index (χ1) is 24.0. The third-order valence-electron chi connectivity index (χ3n) is 10.2. The molecule has 0 bridgehead atoms. The topological polar surface area (TPSA) is 70.0 Å². The van der Waals surface area contributed by atoms with E-state index in [0.29, 0.717) is 0 Å². The van der Waals surface area contributed by atoms with Gasteiger partial charge in [-0.05, 0) is 38.6 Å². The first-order valence-electron chi connectivity index (χ1n) is 21.7. The zero-order valence-electron chi connectivity index (χ0n) is 33.8. The van der Waals surface area contributed by atoms with Crippen LogP contribution in [0.5, 0.6) is 0 Å². The summed E-state index contributed by atoms with van der Waals surface area (Å²) in [5.41, 5.74) is 0. The number of aliphatic hydroxyl groups is 1. The van der Waals surface area contributed by atoms with Crippen LogP contribution in [0.25, 0.3) is 0 Å². The zero-order chi connectivity index (χ0) is 36.5. The Bertz CT molecular complexity index is 626. The van der Waals surface area contributed by atoms with E-state index >= 15 is 0 Å². The van der Waals surface area contributed by atoms with Crippen LogP contribution < -0.4 is 0 Å². The van der Waals surface area contributed by atoms with E-state index in [1.54, 1.807) is 0 Å². The molecule has 0 fully saturated rings. The predicted octanol–water partition coefficient (Wildman–Crippen LogP) is 13.7. The molecule has 5 nitrogen and oxygen atoms in total. The monoisotopic (exact) mass is 696 g/mol. The number of unbranched alkanes of at least 4 members (excludes halogenated alkanes) is 22. The SMILES string of the molecule is C=C(CCCCCCCCCCC)OC(C)CCN(CCO)CCCCCCCC(CCCCCCCC)CCCCCCCC.O=CO. The number of hydrogen-bond donors (Lipinski definition) is 2. The number of nitrogens with zero attached hydrogens (tertiary/aromatic N) is 1. The van der Waals surface area contributed by atoms with E-state index in [4.69, 9.17) is 14.6 Å². The summed E-state index contributed by atoms with van der Waals surface area (Å²) in [5, 5.41) is 16.5. The first kappa shape index (κ1) is 50.0. The largest absolute Gasteiger partial charge is 0.496 e. The second-order valence-corrected chi connectivity index (χ2v) is 15.0. The lowest BCUT2D eigenvalue weighted by Gasteiger charge is -2.24. The van der Waals surface area contributed by atoms with Gasteiger partial charge in [-0.3, -0.25) is 4.79 Å². The molecule has 0 radical (unpaired) electrons. The van der Waals surface area contributed by atoms with E-state index in [2.05, 4.69) is 39.2 Å². The van der Waals surface area contributed by atoms with Gasteiger partial charge in [-0.15, -0.1) is 0 Å². The highest BCUT2D eigenvalue weighted by atomic mass is 16.5. The summed E-state index contributed by atoms with van der Waals surface area (Å²) in [6.45, 7) is 16.2. The molecule has 2 N–H and O–H groups in total. The molecule has 0 rings (SSSR count). The van der Waals surface area contributed by atoms with Crippen LogP contribution in [0.1, 0.15) is 227 Å². The maximum absolute atomic E-state index is 9.63. The second-order valence-electron chi connectivity index (χ2n) is 15.0. The van der Waals surface area contributed by atoms with Gasteiger partial charge in [-0.25, -0.2) is 0 Å². The fraction of sp³-hybridized carbons (Fsp3) is 0.932. The van der Waals surface area contributed by atoms with Gasteiger partial charge in [0.2, 0.25) is 0 Å². The standard InChI is InChI=1S/C43H87NO2.CH2O2/c1-6-9-12-15-18-19-20-22-27-32-41(4)46-42(5)36-38-44(39-40-45)37-31-26-21-25-30-35-43(33-28-23-16-13-10-7-2)34-29-24-17-14-11-8-3;2-1-3/h42-43,45H,4,6-40H2,1-3,5H3;1H,(H,2,3). The molecule has 0 saturated heterocycles. The summed E-state index contributed by atoms with van der Waals surface area (Å²) in [4.78, 5) is 10.8. The van der Waals surface area contributed by atoms with Crippen molar-refractivity contribution in [2.75, 3.05) is 26.2 Å². The van der Waals surface area contributed by atoms with Crippen LogP contribution >= 0.6 is 0 Å². The summed E-state index contributed by atoms with van der Waals surface area (Å²) in [6, 6.07) is 0. The molecule has 49 heavy (non-hydrogen) atoms. The molecule has 0 aliphatic carbocycles. The van der Waals surface area contributed by atoms with Crippen molar-refractivity contribution >= 4 is 6.47 Å². The molecule has 0 aliphatic heterocycles. The van der Waals surface area contributed by atoms with Gasteiger partial charge in [-0.2, -0.15) is 0 Å². The fourth-order valence-electron chi connectivity index (χ4n) is 7.03. The second kappa shape index (κ2) is 43.1. The lowest BCUT2D eigenvalue weighted by Crippen LogP contribution is -2.31. The van der Waals surface area contributed by atoms with Crippen LogP contribution in [-0.2, 0) is 9.53 Å². The molecule has 0 amide bonds. The van der Waals surface area contributed by atoms with Crippen molar-refractivity contribution in [2.24, 2.45) is 5.92 Å². The normalized spacial score (nSPS) is 11.9. The lowest BCUT2D eigenvalue weighted by atomic mass is 9.89. The van der Waals surface area contributed by atoms with Crippen LogP contribution in [0.15, 0.2) is 12.3 Å². The van der Waals surface area contributed by atoms with Crippen LogP contribution in [0.3, 0.4) is 0 Å². The molecule has 0 aromatic carbocycles. The van der Waals surface area contributed by atoms with E-state index in [1.165, 1.54) is 186 Å². The van der Waals surface area contributed by atoms with Gasteiger partial charge in [0.15, 0.2) is 0 Å². The number of aliphatic hydroxyl groups excluding tert-OH is 1. The lowest BCUT2D eigenvalue weighted by molar-refractivity contribution is -0.122. The summed E-state index contributed by atoms with van der Waals surface area (Å²) in [6.07, 6.45) is 42.7. The Kier molecular flexibility index (Phi) is 44.0. The Hall–Kier alpha value is -1.07. The number of carboxylic acid groups (broad SMARTS) is 1. The number of hydrogen-bond acceptors (Lipinski definition) is 4. The number of allylic oxidation sites excluding steroid dienone is 1. The number of ether oxygens (including phenoxy) is 1. The molecule has 1 unspecified atom stereocenters. The van der Waals surface area contributed by atoms with Crippen molar-refractivity contribution in [3.05, 3.63) is 12.3 Å². The highest BCUT2D eigenvalue weighted by Gasteiger charge is 2.11. The molecule has 0 spiro atoms. The maximum Gasteiger partial charge on any atom is 0.290 e. The molecular weight excluding hydrogens is 606 g/mol. The highest BCUT2D eigenvalue weighted by molar-refractivity contribution is 5.32. The van der Waals surface area contributed by atoms with Crippen molar-refractivity contribution in [1.29, 1.82) is 0 Å². The van der Waals surface area contributed by atoms with Crippen LogP contribution in [-0.4, -0.2) is 53.9 Å². The van der Waals surface area contributed by atoms with Gasteiger partial charge in [-0.1, -0.05) is 201 Å². The van der Waals surface area contributed by atoms with Gasteiger partial charge in [0.25, 0.3) is 6.47 Å². The summed E-state index contributed by atoms with van der Waals surface area (Å²) in [7, 11) is 0. The first-order valence-corrected chi connectivity index (χ1v) is 21.7. The van der Waals surface area contributed by atoms with Crippen molar-refractivity contribution in [1.82, 2.24) is 4.90 Å². The minimum absolute atomic E-state index is 0.202. The van der Waals surface area contributed by atoms with Crippen molar-refractivity contribution in [3.8, 4) is 0 Å². The minimum atomic E-state index is -0.250. The Balaban J connectivity index is 0. The van der Waals surface area contributed by atoms with Gasteiger partial charge in [0.1, 0.15) is 0 Å². The van der Waals surface area contributed by atoms with Gasteiger partial charge >= 0.3 is 0 Å². The van der Waals surface area contributed by atoms with Gasteiger partial charge in [0.05, 0.1) is 18.5 Å². The van der Waals surface area contributed by atoms with Crippen molar-refractivity contribution < 1.29 is 19.7 Å². The van der Waals surface area contributed by atoms with Crippen LogP contribution in [0, 0.1) is 5.92 Å². The summed E-state index contributed by atoms with van der Waals surface area (Å²) in [5.74, 6) is 1.94. The van der Waals surface area contributed by atoms with Crippen LogP contribution in [0.4, 0.5) is 0 Å². The average molecular weight is 696 g/mol. The molecule has 0 aromatic rings. The van der Waals surface area contributed by atoms with Gasteiger partial charge < -0.3 is 19.8 Å². The molecule has 0 aliphatic rings. The number of carbonyl (C=O) groups is 1. The smallest absolute Gasteiger partial charge is 0.290 e. The quantitative estimate of drug-likeness (QED) is 0.0380. The van der Waals surface area contributed by atoms with E-state index in [-0.39, 0.29) is 19.2 Å². The average Bonchev–Trinajstić information content (AvgIpc) is 3.08. The molecule has 5 heteroatoms. The third kappa shape index (κ3) is 41.2. The fourth-order valence-corrected chi connectivity index (χ4v) is 7.03. The number of rotatable bonds is 39. The minimum Gasteiger partial charge on any atom is -0.496 e. The summed E-state index contributed by atoms with van der Waals surface area (Å²) < 4.78 is 6.15.